The molecule has 0 saturated carbocycles. The van der Waals surface area contributed by atoms with E-state index in [-0.39, 0.29) is 22.5 Å². The number of hydrogen-bond acceptors (Lipinski definition) is 13. The first-order chi connectivity index (χ1) is 18.6. The average molecular weight is 548 g/mol. The summed E-state index contributed by atoms with van der Waals surface area (Å²) in [6.07, 6.45) is -11.0. The second-order valence-corrected chi connectivity index (χ2v) is 9.47. The zero-order chi connectivity index (χ0) is 27.9. The van der Waals surface area contributed by atoms with Crippen molar-refractivity contribution in [2.75, 3.05) is 19.8 Å². The minimum Gasteiger partial charge on any atom is -0.507 e. The number of phenols is 1. The molecule has 5 rings (SSSR count). The van der Waals surface area contributed by atoms with E-state index in [1.807, 2.05) is 0 Å². The van der Waals surface area contributed by atoms with Crippen LogP contribution in [0.25, 0.3) is 22.3 Å². The average Bonchev–Trinajstić information content (AvgIpc) is 3.21. The van der Waals surface area contributed by atoms with Crippen LogP contribution in [-0.4, -0.2) is 104 Å². The van der Waals surface area contributed by atoms with Gasteiger partial charge in [0.15, 0.2) is 17.8 Å². The van der Waals surface area contributed by atoms with Gasteiger partial charge in [0.25, 0.3) is 0 Å². The smallest absolute Gasteiger partial charge is 0.229 e. The predicted molar refractivity (Wildman–Crippen MR) is 131 cm³/mol. The lowest BCUT2D eigenvalue weighted by Gasteiger charge is -2.42. The molecule has 1 aromatic heterocycles. The van der Waals surface area contributed by atoms with Crippen LogP contribution in [0, 0.1) is 0 Å². The first-order valence-corrected chi connectivity index (χ1v) is 12.1. The highest BCUT2D eigenvalue weighted by molar-refractivity contribution is 5.86. The Morgan fingerprint density at radius 1 is 1.00 bits per heavy atom. The van der Waals surface area contributed by atoms with E-state index in [4.69, 9.17) is 23.4 Å². The van der Waals surface area contributed by atoms with Gasteiger partial charge in [-0.05, 0) is 0 Å². The van der Waals surface area contributed by atoms with Crippen LogP contribution >= 0.6 is 0 Å². The van der Waals surface area contributed by atoms with Crippen molar-refractivity contribution >= 4 is 11.0 Å². The molecule has 39 heavy (non-hydrogen) atoms. The number of hydrogen-bond donors (Lipinski definition) is 7. The van der Waals surface area contributed by atoms with Gasteiger partial charge in [0.1, 0.15) is 58.2 Å². The van der Waals surface area contributed by atoms with E-state index in [0.717, 1.165) is 6.07 Å². The van der Waals surface area contributed by atoms with Crippen molar-refractivity contribution in [3.63, 3.8) is 0 Å². The van der Waals surface area contributed by atoms with Crippen molar-refractivity contribution in [2.45, 2.75) is 48.7 Å². The molecule has 0 spiro atoms. The van der Waals surface area contributed by atoms with Gasteiger partial charge in [0, 0.05) is 23.8 Å². The zero-order valence-electron chi connectivity index (χ0n) is 20.4. The number of benzene rings is 2. The van der Waals surface area contributed by atoms with Gasteiger partial charge >= 0.3 is 0 Å². The SMILES string of the molecule is O=c1cc(-c2ccccc2)oc2cc(OC3OC(CO)C(O)C(O)C3OC3OCC(O)(CO)C3O)cc(O)c12. The molecule has 3 aromatic rings. The van der Waals surface area contributed by atoms with E-state index in [9.17, 15) is 40.5 Å². The molecule has 3 heterocycles. The molecule has 0 amide bonds. The fraction of sp³-hybridized carbons (Fsp3) is 0.423. The summed E-state index contributed by atoms with van der Waals surface area (Å²) in [6.45, 7) is -2.01. The number of phenolic OH excluding ortho intramolecular Hbond substituents is 1. The van der Waals surface area contributed by atoms with E-state index >= 15 is 0 Å². The fourth-order valence-corrected chi connectivity index (χ4v) is 4.55. The summed E-state index contributed by atoms with van der Waals surface area (Å²) in [7, 11) is 0. The second kappa shape index (κ2) is 10.8. The van der Waals surface area contributed by atoms with Gasteiger partial charge in [0.2, 0.25) is 6.29 Å². The molecular weight excluding hydrogens is 520 g/mol. The third-order valence-corrected chi connectivity index (χ3v) is 6.79. The van der Waals surface area contributed by atoms with E-state index < -0.39 is 79.7 Å². The molecule has 210 valence electrons. The van der Waals surface area contributed by atoms with Gasteiger partial charge in [-0.1, -0.05) is 30.3 Å². The lowest BCUT2D eigenvalue weighted by Crippen LogP contribution is -2.62. The second-order valence-electron chi connectivity index (χ2n) is 9.47. The molecule has 8 atom stereocenters. The van der Waals surface area contributed by atoms with Gasteiger partial charge in [-0.15, -0.1) is 0 Å². The topological polar surface area (TPSA) is 209 Å². The summed E-state index contributed by atoms with van der Waals surface area (Å²) in [6, 6.07) is 12.5. The predicted octanol–water partition coefficient (Wildman–Crippen LogP) is -1.19. The third-order valence-electron chi connectivity index (χ3n) is 6.79. The molecule has 13 heteroatoms. The Morgan fingerprint density at radius 3 is 2.41 bits per heavy atom. The molecule has 2 aliphatic heterocycles. The maximum absolute atomic E-state index is 12.7. The standard InChI is InChI=1S/C26H28O13/c27-9-18-20(31)21(32)22(39-25-23(33)26(34,10-28)11-35-25)24(38-18)36-13-6-14(29)19-15(30)8-16(37-17(19)7-13)12-4-2-1-3-5-12/h1-8,18,20-25,27-29,31-34H,9-11H2. The van der Waals surface area contributed by atoms with E-state index in [1.165, 1.54) is 12.1 Å². The summed E-state index contributed by atoms with van der Waals surface area (Å²) in [5.74, 6) is -0.319. The highest BCUT2D eigenvalue weighted by Crippen LogP contribution is 2.35. The monoisotopic (exact) mass is 548 g/mol. The Morgan fingerprint density at radius 2 is 1.74 bits per heavy atom. The Bertz CT molecular complexity index is 1360. The molecular formula is C26H28O13. The Kier molecular flexibility index (Phi) is 7.61. The first kappa shape index (κ1) is 27.5. The maximum atomic E-state index is 12.7. The van der Waals surface area contributed by atoms with E-state index in [2.05, 4.69) is 0 Å². The van der Waals surface area contributed by atoms with Crippen LogP contribution in [0.4, 0.5) is 0 Å². The lowest BCUT2D eigenvalue weighted by atomic mass is 9.98. The molecule has 2 aromatic carbocycles. The summed E-state index contributed by atoms with van der Waals surface area (Å²) >= 11 is 0. The van der Waals surface area contributed by atoms with Crippen molar-refractivity contribution in [3.8, 4) is 22.8 Å². The molecule has 2 saturated heterocycles. The number of ether oxygens (including phenoxy) is 4. The summed E-state index contributed by atoms with van der Waals surface area (Å²) < 4.78 is 28.1. The number of rotatable bonds is 7. The molecule has 2 aliphatic rings. The molecule has 0 aliphatic carbocycles. The molecule has 7 N–H and O–H groups in total. The van der Waals surface area contributed by atoms with Gasteiger partial charge in [-0.3, -0.25) is 4.79 Å². The molecule has 8 unspecified atom stereocenters. The van der Waals surface area contributed by atoms with Crippen molar-refractivity contribution in [2.24, 2.45) is 0 Å². The van der Waals surface area contributed by atoms with Gasteiger partial charge in [-0.2, -0.15) is 0 Å². The third kappa shape index (κ3) is 5.12. The summed E-state index contributed by atoms with van der Waals surface area (Å²) in [4.78, 5) is 12.7. The Balaban J connectivity index is 1.47. The van der Waals surface area contributed by atoms with Crippen LogP contribution in [0.2, 0.25) is 0 Å². The van der Waals surface area contributed by atoms with Crippen LogP contribution in [0.5, 0.6) is 11.5 Å². The molecule has 13 nitrogen and oxygen atoms in total. The minimum atomic E-state index is -2.02. The quantitative estimate of drug-likeness (QED) is 0.185. The lowest BCUT2D eigenvalue weighted by molar-refractivity contribution is -0.318. The number of aliphatic hydroxyl groups is 6. The van der Waals surface area contributed by atoms with Gasteiger partial charge in [0.05, 0.1) is 19.8 Å². The van der Waals surface area contributed by atoms with Crippen LogP contribution in [0.15, 0.2) is 57.7 Å². The largest absolute Gasteiger partial charge is 0.507 e. The Hall–Kier alpha value is -3.11. The highest BCUT2D eigenvalue weighted by Gasteiger charge is 2.53. The highest BCUT2D eigenvalue weighted by atomic mass is 16.8. The normalized spacial score (nSPS) is 32.9. The molecule has 2 fully saturated rings. The summed E-state index contributed by atoms with van der Waals surface area (Å²) in [5, 5.41) is 71.2. The fourth-order valence-electron chi connectivity index (χ4n) is 4.55. The molecule has 0 radical (unpaired) electrons. The van der Waals surface area contributed by atoms with Crippen LogP contribution in [0.3, 0.4) is 0 Å². The van der Waals surface area contributed by atoms with Crippen molar-refractivity contribution in [3.05, 3.63) is 58.8 Å². The first-order valence-electron chi connectivity index (χ1n) is 12.1. The van der Waals surface area contributed by atoms with E-state index in [0.29, 0.717) is 5.56 Å². The number of fused-ring (bicyclic) bond motifs is 1. The van der Waals surface area contributed by atoms with Crippen LogP contribution in [-0.2, 0) is 14.2 Å². The van der Waals surface area contributed by atoms with E-state index in [1.54, 1.807) is 30.3 Å². The summed E-state index contributed by atoms with van der Waals surface area (Å²) in [5.41, 5.74) is -1.93. The van der Waals surface area contributed by atoms with Crippen molar-refractivity contribution < 1.29 is 59.1 Å². The molecule has 0 bridgehead atoms. The number of aromatic hydroxyl groups is 1. The zero-order valence-corrected chi connectivity index (χ0v) is 20.4. The van der Waals surface area contributed by atoms with Crippen molar-refractivity contribution in [1.29, 1.82) is 0 Å². The maximum Gasteiger partial charge on any atom is 0.229 e. The van der Waals surface area contributed by atoms with Gasteiger partial charge in [-0.25, -0.2) is 0 Å². The Labute approximate surface area is 220 Å². The minimum absolute atomic E-state index is 0.0218. The van der Waals surface area contributed by atoms with Crippen LogP contribution in [0.1, 0.15) is 0 Å². The van der Waals surface area contributed by atoms with Crippen molar-refractivity contribution in [1.82, 2.24) is 0 Å². The van der Waals surface area contributed by atoms with Crippen LogP contribution < -0.4 is 10.2 Å². The number of aliphatic hydroxyl groups excluding tert-OH is 5. The van der Waals surface area contributed by atoms with Gasteiger partial charge < -0.3 is 59.1 Å².